The van der Waals surface area contributed by atoms with E-state index in [-0.39, 0.29) is 18.1 Å². The van der Waals surface area contributed by atoms with Gasteiger partial charge in [0.1, 0.15) is 12.4 Å². The van der Waals surface area contributed by atoms with Crippen LogP contribution in [0, 0.1) is 5.92 Å². The molecule has 94 valence electrons. The van der Waals surface area contributed by atoms with Crippen molar-refractivity contribution in [2.24, 2.45) is 5.92 Å². The average molecular weight is 232 g/mol. The number of carbonyl (C=O) groups excluding carboxylic acids is 3. The highest BCUT2D eigenvalue weighted by atomic mass is 16.5. The minimum absolute atomic E-state index is 0.185. The number of aliphatic hydroxyl groups excluding tert-OH is 1. The minimum atomic E-state index is -0.865. The fraction of sp³-hybridized carbons (Fsp3) is 0.727. The molecule has 0 aromatic rings. The number of hydrogen-bond acceptors (Lipinski definition) is 5. The number of ether oxygens (including phenoxy) is 1. The molecular formula is C11H20O5. The summed E-state index contributed by atoms with van der Waals surface area (Å²) in [6, 6.07) is 0. The highest BCUT2D eigenvalue weighted by molar-refractivity contribution is 6.00. The van der Waals surface area contributed by atoms with Crippen molar-refractivity contribution in [3.8, 4) is 0 Å². The zero-order chi connectivity index (χ0) is 13.1. The average Bonchev–Trinajstić information content (AvgIpc) is 2.28. The van der Waals surface area contributed by atoms with Gasteiger partial charge in [0.25, 0.3) is 0 Å². The third-order valence-electron chi connectivity index (χ3n) is 1.54. The van der Waals surface area contributed by atoms with E-state index in [2.05, 4.69) is 4.74 Å². The van der Waals surface area contributed by atoms with Crippen molar-refractivity contribution in [2.75, 3.05) is 13.2 Å². The molecule has 0 heterocycles. The molecule has 0 fully saturated rings. The second-order valence-corrected chi connectivity index (χ2v) is 3.16. The van der Waals surface area contributed by atoms with Crippen LogP contribution in [0.4, 0.5) is 0 Å². The van der Waals surface area contributed by atoms with E-state index < -0.39 is 25.0 Å². The Morgan fingerprint density at radius 2 is 1.69 bits per heavy atom. The van der Waals surface area contributed by atoms with Crippen LogP contribution in [0.15, 0.2) is 0 Å². The number of esters is 1. The zero-order valence-corrected chi connectivity index (χ0v) is 10.3. The minimum Gasteiger partial charge on any atom is -0.456 e. The van der Waals surface area contributed by atoms with Crippen LogP contribution in [0.1, 0.15) is 34.1 Å². The Labute approximate surface area is 95.8 Å². The molecule has 0 rings (SSSR count). The van der Waals surface area contributed by atoms with E-state index in [9.17, 15) is 14.4 Å². The molecule has 0 amide bonds. The first-order valence-electron chi connectivity index (χ1n) is 5.28. The van der Waals surface area contributed by atoms with Gasteiger partial charge >= 0.3 is 5.97 Å². The lowest BCUT2D eigenvalue weighted by Gasteiger charge is -2.03. The molecule has 0 radical (unpaired) electrons. The van der Waals surface area contributed by atoms with Gasteiger partial charge in [0.15, 0.2) is 12.4 Å². The summed E-state index contributed by atoms with van der Waals surface area (Å²) in [6.45, 7) is 6.17. The van der Waals surface area contributed by atoms with E-state index >= 15 is 0 Å². The Morgan fingerprint density at radius 3 is 2.06 bits per heavy atom. The summed E-state index contributed by atoms with van der Waals surface area (Å²) in [5.74, 6) is -1.71. The van der Waals surface area contributed by atoms with Gasteiger partial charge in [-0.1, -0.05) is 27.7 Å². The van der Waals surface area contributed by atoms with Gasteiger partial charge in [-0.3, -0.25) is 9.59 Å². The Bertz CT molecular complexity index is 233. The molecular weight excluding hydrogens is 212 g/mol. The fourth-order valence-electron chi connectivity index (χ4n) is 0.656. The Balaban J connectivity index is 0. The van der Waals surface area contributed by atoms with Crippen molar-refractivity contribution in [3.05, 3.63) is 0 Å². The molecule has 0 aliphatic heterocycles. The Hall–Kier alpha value is -1.23. The third-order valence-corrected chi connectivity index (χ3v) is 1.54. The number of carbonyl (C=O) groups is 3. The van der Waals surface area contributed by atoms with E-state index in [0.717, 1.165) is 0 Å². The highest BCUT2D eigenvalue weighted by Gasteiger charge is 2.14. The maximum atomic E-state index is 11.1. The van der Waals surface area contributed by atoms with Gasteiger partial charge in [-0.25, -0.2) is 4.79 Å². The van der Waals surface area contributed by atoms with Crippen LogP contribution in [-0.4, -0.2) is 35.9 Å². The number of Topliss-reactive ketones (excluding diaryl/α,β-unsaturated/α-hetero) is 2. The van der Waals surface area contributed by atoms with Crippen LogP contribution in [0.2, 0.25) is 0 Å². The summed E-state index contributed by atoms with van der Waals surface area (Å²) in [6.07, 6.45) is -0.226. The highest BCUT2D eigenvalue weighted by Crippen LogP contribution is 1.99. The van der Waals surface area contributed by atoms with Crippen molar-refractivity contribution < 1.29 is 24.2 Å². The van der Waals surface area contributed by atoms with E-state index in [1.807, 2.05) is 13.8 Å². The van der Waals surface area contributed by atoms with Crippen molar-refractivity contribution in [1.29, 1.82) is 0 Å². The maximum Gasteiger partial charge on any atom is 0.332 e. The van der Waals surface area contributed by atoms with Crippen molar-refractivity contribution in [3.63, 3.8) is 0 Å². The van der Waals surface area contributed by atoms with Gasteiger partial charge in [-0.2, -0.15) is 0 Å². The lowest BCUT2D eigenvalue weighted by molar-refractivity contribution is -0.151. The van der Waals surface area contributed by atoms with Gasteiger partial charge in [-0.05, 0) is 0 Å². The summed E-state index contributed by atoms with van der Waals surface area (Å²) < 4.78 is 4.34. The van der Waals surface area contributed by atoms with Crippen molar-refractivity contribution in [1.82, 2.24) is 0 Å². The number of aliphatic hydroxyl groups is 1. The first kappa shape index (κ1) is 17.2. The number of rotatable bonds is 6. The molecule has 0 saturated heterocycles. The van der Waals surface area contributed by atoms with E-state index in [1.165, 1.54) is 0 Å². The smallest absolute Gasteiger partial charge is 0.332 e. The zero-order valence-electron chi connectivity index (χ0n) is 10.3. The Morgan fingerprint density at radius 1 is 1.19 bits per heavy atom. The van der Waals surface area contributed by atoms with E-state index in [0.29, 0.717) is 0 Å². The molecule has 0 atom stereocenters. The molecule has 0 aromatic carbocycles. The van der Waals surface area contributed by atoms with Gasteiger partial charge in [0, 0.05) is 5.92 Å². The Kier molecular flexibility index (Phi) is 11.0. The SMILES string of the molecule is CC.CC(C)C(=O)CC(=O)COC(=O)CO. The van der Waals surface area contributed by atoms with Crippen molar-refractivity contribution in [2.45, 2.75) is 34.1 Å². The molecule has 0 spiro atoms. The van der Waals surface area contributed by atoms with Gasteiger partial charge < -0.3 is 9.84 Å². The molecule has 0 unspecified atom stereocenters. The van der Waals surface area contributed by atoms with Crippen LogP contribution < -0.4 is 0 Å². The maximum absolute atomic E-state index is 11.1. The summed E-state index contributed by atoms with van der Waals surface area (Å²) in [7, 11) is 0. The summed E-state index contributed by atoms with van der Waals surface area (Å²) in [4.78, 5) is 32.5. The van der Waals surface area contributed by atoms with Crippen LogP contribution >= 0.6 is 0 Å². The fourth-order valence-corrected chi connectivity index (χ4v) is 0.656. The van der Waals surface area contributed by atoms with Gasteiger partial charge in [-0.15, -0.1) is 0 Å². The molecule has 0 aliphatic carbocycles. The normalized spacial score (nSPS) is 9.12. The third kappa shape index (κ3) is 9.33. The van der Waals surface area contributed by atoms with Crippen LogP contribution in [0.5, 0.6) is 0 Å². The van der Waals surface area contributed by atoms with Gasteiger partial charge in [0.05, 0.1) is 6.42 Å². The monoisotopic (exact) mass is 232 g/mol. The summed E-state index contributed by atoms with van der Waals surface area (Å²) in [5, 5.41) is 8.27. The predicted octanol–water partition coefficient (Wildman–Crippen LogP) is 0.732. The van der Waals surface area contributed by atoms with Crippen molar-refractivity contribution >= 4 is 17.5 Å². The molecule has 0 aromatic heterocycles. The summed E-state index contributed by atoms with van der Waals surface area (Å²) >= 11 is 0. The largest absolute Gasteiger partial charge is 0.456 e. The molecule has 0 bridgehead atoms. The first-order valence-corrected chi connectivity index (χ1v) is 5.28. The lowest BCUT2D eigenvalue weighted by atomic mass is 10.0. The van der Waals surface area contributed by atoms with Crippen LogP contribution in [0.25, 0.3) is 0 Å². The molecule has 16 heavy (non-hydrogen) atoms. The van der Waals surface area contributed by atoms with E-state index in [1.54, 1.807) is 13.8 Å². The number of ketones is 2. The van der Waals surface area contributed by atoms with Crippen LogP contribution in [0.3, 0.4) is 0 Å². The molecule has 1 N–H and O–H groups in total. The summed E-state index contributed by atoms with van der Waals surface area (Å²) in [5.41, 5.74) is 0. The van der Waals surface area contributed by atoms with Crippen LogP contribution in [-0.2, 0) is 19.1 Å². The molecule has 5 heteroatoms. The molecule has 5 nitrogen and oxygen atoms in total. The second-order valence-electron chi connectivity index (χ2n) is 3.16. The predicted molar refractivity (Wildman–Crippen MR) is 58.9 cm³/mol. The van der Waals surface area contributed by atoms with E-state index in [4.69, 9.17) is 5.11 Å². The quantitative estimate of drug-likeness (QED) is 0.539. The standard InChI is InChI=1S/C9H14O5.C2H6/c1-6(2)8(12)3-7(11)5-14-9(13)4-10;1-2/h6,10H,3-5H2,1-2H3;1-2H3. The lowest BCUT2D eigenvalue weighted by Crippen LogP contribution is -2.20. The molecule has 0 saturated carbocycles. The molecule has 0 aliphatic rings. The van der Waals surface area contributed by atoms with Gasteiger partial charge in [0.2, 0.25) is 0 Å². The number of hydrogen-bond donors (Lipinski definition) is 1. The first-order chi connectivity index (χ1) is 7.47. The topological polar surface area (TPSA) is 80.7 Å². The second kappa shape index (κ2) is 10.3.